The van der Waals surface area contributed by atoms with Gasteiger partial charge in [-0.25, -0.2) is 0 Å². The molecule has 2 heterocycles. The number of rotatable bonds is 6. The molecular weight excluding hydrogens is 268 g/mol. The quantitative estimate of drug-likeness (QED) is 0.873. The molecule has 0 bridgehead atoms. The van der Waals surface area contributed by atoms with Gasteiger partial charge in [-0.1, -0.05) is 18.9 Å². The summed E-state index contributed by atoms with van der Waals surface area (Å²) in [4.78, 5) is 4.04. The number of nitrogens with zero attached hydrogens (tertiary/aromatic N) is 1. The van der Waals surface area contributed by atoms with Crippen molar-refractivity contribution in [3.63, 3.8) is 0 Å². The Morgan fingerprint density at radius 2 is 2.10 bits per heavy atom. The molecule has 2 fully saturated rings. The summed E-state index contributed by atoms with van der Waals surface area (Å²) in [5.41, 5.74) is 0. The normalized spacial score (nSPS) is 23.2. The van der Waals surface area contributed by atoms with E-state index in [1.807, 2.05) is 11.3 Å². The van der Waals surface area contributed by atoms with Crippen molar-refractivity contribution in [2.75, 3.05) is 39.4 Å². The average Bonchev–Trinajstić information content (AvgIpc) is 3.18. The number of nitrogens with one attached hydrogen (secondary N) is 1. The van der Waals surface area contributed by atoms with Crippen molar-refractivity contribution in [3.8, 4) is 0 Å². The van der Waals surface area contributed by atoms with Crippen LogP contribution >= 0.6 is 11.3 Å². The molecule has 4 heteroatoms. The van der Waals surface area contributed by atoms with Gasteiger partial charge in [-0.2, -0.15) is 0 Å². The molecule has 0 amide bonds. The second kappa shape index (κ2) is 7.55. The maximum atomic E-state index is 5.41. The Labute approximate surface area is 126 Å². The van der Waals surface area contributed by atoms with Gasteiger partial charge in [0.15, 0.2) is 0 Å². The van der Waals surface area contributed by atoms with Gasteiger partial charge in [0.1, 0.15) is 0 Å². The van der Waals surface area contributed by atoms with Crippen LogP contribution in [-0.4, -0.2) is 44.3 Å². The third kappa shape index (κ3) is 3.82. The van der Waals surface area contributed by atoms with Gasteiger partial charge in [0.2, 0.25) is 0 Å². The summed E-state index contributed by atoms with van der Waals surface area (Å²) < 4.78 is 5.41. The second-order valence-electron chi connectivity index (χ2n) is 5.95. The second-order valence-corrected chi connectivity index (χ2v) is 6.93. The monoisotopic (exact) mass is 294 g/mol. The van der Waals surface area contributed by atoms with E-state index in [-0.39, 0.29) is 0 Å². The number of thiophene rings is 1. The van der Waals surface area contributed by atoms with E-state index in [1.165, 1.54) is 30.6 Å². The zero-order valence-corrected chi connectivity index (χ0v) is 13.0. The molecule has 1 aromatic heterocycles. The highest BCUT2D eigenvalue weighted by molar-refractivity contribution is 7.10. The first-order valence-electron chi connectivity index (χ1n) is 8.00. The molecule has 1 aliphatic carbocycles. The lowest BCUT2D eigenvalue weighted by Crippen LogP contribution is -2.41. The molecule has 1 aliphatic heterocycles. The fourth-order valence-corrected chi connectivity index (χ4v) is 4.36. The van der Waals surface area contributed by atoms with Gasteiger partial charge in [0.25, 0.3) is 0 Å². The molecule has 1 aromatic rings. The maximum absolute atomic E-state index is 5.41. The Morgan fingerprint density at radius 1 is 1.30 bits per heavy atom. The molecule has 3 rings (SSSR count). The van der Waals surface area contributed by atoms with Crippen LogP contribution in [0.3, 0.4) is 0 Å². The van der Waals surface area contributed by atoms with Crippen LogP contribution in [0, 0.1) is 5.92 Å². The van der Waals surface area contributed by atoms with Crippen LogP contribution in [-0.2, 0) is 4.74 Å². The molecule has 20 heavy (non-hydrogen) atoms. The van der Waals surface area contributed by atoms with E-state index in [2.05, 4.69) is 27.7 Å². The summed E-state index contributed by atoms with van der Waals surface area (Å²) in [6.07, 6.45) is 5.62. The van der Waals surface area contributed by atoms with Gasteiger partial charge in [-0.05, 0) is 30.2 Å². The fraction of sp³-hybridized carbons (Fsp3) is 0.750. The van der Waals surface area contributed by atoms with Crippen molar-refractivity contribution >= 4 is 11.3 Å². The minimum Gasteiger partial charge on any atom is -0.379 e. The number of hydrogen-bond acceptors (Lipinski definition) is 4. The van der Waals surface area contributed by atoms with E-state index in [4.69, 9.17) is 4.74 Å². The third-order valence-corrected chi connectivity index (χ3v) is 5.57. The molecule has 0 radical (unpaired) electrons. The van der Waals surface area contributed by atoms with E-state index in [1.54, 1.807) is 0 Å². The molecule has 3 nitrogen and oxygen atoms in total. The zero-order chi connectivity index (χ0) is 13.6. The molecule has 1 N–H and O–H groups in total. The van der Waals surface area contributed by atoms with Crippen molar-refractivity contribution < 1.29 is 4.74 Å². The standard InChI is InChI=1S/C16H26N2OS/c1-2-5-14(4-1)16(15-6-3-13-20-15)17-7-8-18-9-11-19-12-10-18/h3,6,13-14,16-17H,1-2,4-5,7-12H2. The first-order chi connectivity index (χ1) is 9.93. The highest BCUT2D eigenvalue weighted by Gasteiger charge is 2.26. The number of hydrogen-bond donors (Lipinski definition) is 1. The summed E-state index contributed by atoms with van der Waals surface area (Å²) in [6, 6.07) is 5.07. The van der Waals surface area contributed by atoms with E-state index < -0.39 is 0 Å². The Kier molecular flexibility index (Phi) is 5.48. The van der Waals surface area contributed by atoms with Crippen LogP contribution in [0.5, 0.6) is 0 Å². The minimum atomic E-state index is 0.582. The van der Waals surface area contributed by atoms with Gasteiger partial charge in [-0.15, -0.1) is 11.3 Å². The Bertz CT molecular complexity index is 370. The molecule has 0 spiro atoms. The Morgan fingerprint density at radius 3 is 2.80 bits per heavy atom. The van der Waals surface area contributed by atoms with Gasteiger partial charge in [0.05, 0.1) is 13.2 Å². The predicted octanol–water partition coefficient (Wildman–Crippen LogP) is 2.90. The van der Waals surface area contributed by atoms with Crippen LogP contribution in [0.1, 0.15) is 36.6 Å². The molecule has 1 saturated heterocycles. The number of ether oxygens (including phenoxy) is 1. The van der Waals surface area contributed by atoms with Gasteiger partial charge in [-0.3, -0.25) is 4.90 Å². The summed E-state index contributed by atoms with van der Waals surface area (Å²) in [5, 5.41) is 6.05. The molecule has 112 valence electrons. The summed E-state index contributed by atoms with van der Waals surface area (Å²) >= 11 is 1.91. The largest absolute Gasteiger partial charge is 0.379 e. The van der Waals surface area contributed by atoms with Crippen LogP contribution in [0.15, 0.2) is 17.5 Å². The Hall–Kier alpha value is -0.420. The maximum Gasteiger partial charge on any atom is 0.0594 e. The number of morpholine rings is 1. The molecule has 1 saturated carbocycles. The van der Waals surface area contributed by atoms with Crippen LogP contribution in [0.2, 0.25) is 0 Å². The van der Waals surface area contributed by atoms with Crippen molar-refractivity contribution in [2.24, 2.45) is 5.92 Å². The van der Waals surface area contributed by atoms with Crippen LogP contribution < -0.4 is 5.32 Å². The first-order valence-corrected chi connectivity index (χ1v) is 8.88. The molecule has 1 atom stereocenters. The van der Waals surface area contributed by atoms with Gasteiger partial charge in [0, 0.05) is 37.1 Å². The van der Waals surface area contributed by atoms with Crippen molar-refractivity contribution in [2.45, 2.75) is 31.7 Å². The highest BCUT2D eigenvalue weighted by atomic mass is 32.1. The average molecular weight is 294 g/mol. The lowest BCUT2D eigenvalue weighted by atomic mass is 9.97. The smallest absolute Gasteiger partial charge is 0.0594 e. The molecular formula is C16H26N2OS. The van der Waals surface area contributed by atoms with Crippen LogP contribution in [0.4, 0.5) is 0 Å². The van der Waals surface area contributed by atoms with Crippen molar-refractivity contribution in [1.29, 1.82) is 0 Å². The van der Waals surface area contributed by atoms with E-state index in [0.29, 0.717) is 6.04 Å². The summed E-state index contributed by atoms with van der Waals surface area (Å²) in [6.45, 7) is 6.23. The zero-order valence-electron chi connectivity index (χ0n) is 12.2. The summed E-state index contributed by atoms with van der Waals surface area (Å²) in [7, 11) is 0. The van der Waals surface area contributed by atoms with Gasteiger partial charge < -0.3 is 10.1 Å². The first kappa shape index (κ1) is 14.5. The highest BCUT2D eigenvalue weighted by Crippen LogP contribution is 2.37. The van der Waals surface area contributed by atoms with E-state index >= 15 is 0 Å². The van der Waals surface area contributed by atoms with Crippen LogP contribution in [0.25, 0.3) is 0 Å². The summed E-state index contributed by atoms with van der Waals surface area (Å²) in [5.74, 6) is 0.846. The predicted molar refractivity (Wildman–Crippen MR) is 84.3 cm³/mol. The van der Waals surface area contributed by atoms with E-state index in [9.17, 15) is 0 Å². The molecule has 2 aliphatic rings. The Balaban J connectivity index is 1.50. The lowest BCUT2D eigenvalue weighted by molar-refractivity contribution is 0.0379. The SMILES string of the molecule is c1csc(C(NCCN2CCOCC2)C2CCCC2)c1. The minimum absolute atomic E-state index is 0.582. The van der Waals surface area contributed by atoms with Crippen molar-refractivity contribution in [1.82, 2.24) is 10.2 Å². The topological polar surface area (TPSA) is 24.5 Å². The van der Waals surface area contributed by atoms with Gasteiger partial charge >= 0.3 is 0 Å². The fourth-order valence-electron chi connectivity index (χ4n) is 3.46. The lowest BCUT2D eigenvalue weighted by Gasteiger charge is -2.29. The molecule has 1 unspecified atom stereocenters. The third-order valence-electron chi connectivity index (χ3n) is 4.62. The van der Waals surface area contributed by atoms with Crippen molar-refractivity contribution in [3.05, 3.63) is 22.4 Å². The van der Waals surface area contributed by atoms with E-state index in [0.717, 1.165) is 45.3 Å². The molecule has 0 aromatic carbocycles.